The van der Waals surface area contributed by atoms with Gasteiger partial charge in [0, 0.05) is 0 Å². The molecule has 0 aliphatic rings. The molecule has 0 unspecified atom stereocenters. The molecule has 0 aromatic heterocycles. The van der Waals surface area contributed by atoms with E-state index in [0.717, 1.165) is 0 Å². The Kier molecular flexibility index (Phi) is 3.80. The van der Waals surface area contributed by atoms with E-state index in [9.17, 15) is 9.79 Å². The summed E-state index contributed by atoms with van der Waals surface area (Å²) in [5, 5.41) is 4.18. The second-order valence-corrected chi connectivity index (χ2v) is 7.30. The molecule has 0 saturated heterocycles. The Balaban J connectivity index is 4.92. The maximum absolute atomic E-state index is 10.2. The van der Waals surface area contributed by atoms with Gasteiger partial charge in [-0.1, -0.05) is 0 Å². The van der Waals surface area contributed by atoms with Crippen molar-refractivity contribution < 1.29 is 9.79 Å². The number of hydrogen-bond donors (Lipinski definition) is 3. The van der Waals surface area contributed by atoms with Crippen LogP contribution in [0, 0.1) is 0 Å². The molecule has 3 N–H and O–H groups in total. The van der Waals surface area contributed by atoms with Crippen LogP contribution in [0.2, 0.25) is 0 Å². The van der Waals surface area contributed by atoms with E-state index >= 15 is 0 Å². The van der Waals surface area contributed by atoms with Crippen molar-refractivity contribution in [2.75, 3.05) is 42.3 Å². The molecule has 0 spiro atoms. The first-order chi connectivity index (χ1) is 5.60. The summed E-state index contributed by atoms with van der Waals surface area (Å²) < 4.78 is 2.79. The minimum atomic E-state index is -4.10. The SMILES string of the molecule is CN(C)NP(O)(O)(N(C)C)N(C)C. The molecule has 0 fully saturated rings. The molecule has 0 amide bonds. The van der Waals surface area contributed by atoms with E-state index in [2.05, 4.69) is 5.20 Å². The maximum atomic E-state index is 10.2. The topological polar surface area (TPSA) is 62.2 Å². The summed E-state index contributed by atoms with van der Waals surface area (Å²) in [4.78, 5) is 20.4. The molecule has 0 aliphatic carbocycles. The van der Waals surface area contributed by atoms with Crippen LogP contribution in [0.4, 0.5) is 0 Å². The molecule has 0 rings (SSSR count). The summed E-state index contributed by atoms with van der Waals surface area (Å²) in [6, 6.07) is 0. The molecule has 0 heterocycles. The van der Waals surface area contributed by atoms with Crippen LogP contribution in [-0.4, -0.2) is 66.4 Å². The molecular weight excluding hydrogens is 191 g/mol. The summed E-state index contributed by atoms with van der Waals surface area (Å²) in [7, 11) is 5.80. The fourth-order valence-electron chi connectivity index (χ4n) is 0.894. The summed E-state index contributed by atoms with van der Waals surface area (Å²) in [5.41, 5.74) is 0. The number of nitrogens with zero attached hydrogens (tertiary/aromatic N) is 3. The molecule has 0 aromatic rings. The fraction of sp³-hybridized carbons (Fsp3) is 1.00. The quantitative estimate of drug-likeness (QED) is 0.422. The van der Waals surface area contributed by atoms with Gasteiger partial charge >= 0.3 is 79.1 Å². The standard InChI is InChI=1S/C6H21N4O2P/c1-8(2)7-13(11,12,9(3)4)10(5)6/h7,11-12H,1-6H3. The van der Waals surface area contributed by atoms with Crippen LogP contribution in [0.3, 0.4) is 0 Å². The summed E-state index contributed by atoms with van der Waals surface area (Å²) in [6.07, 6.45) is 0. The predicted molar refractivity (Wildman–Crippen MR) is 55.6 cm³/mol. The average Bonchev–Trinajstić information content (AvgIpc) is 1.83. The van der Waals surface area contributed by atoms with E-state index < -0.39 is 7.51 Å². The van der Waals surface area contributed by atoms with Crippen molar-refractivity contribution in [2.45, 2.75) is 0 Å². The molecular formula is C6H21N4O2P. The molecule has 0 radical (unpaired) electrons. The number of rotatable bonds is 4. The van der Waals surface area contributed by atoms with Crippen LogP contribution in [0.1, 0.15) is 0 Å². The van der Waals surface area contributed by atoms with Crippen LogP contribution < -0.4 is 5.20 Å². The van der Waals surface area contributed by atoms with Gasteiger partial charge < -0.3 is 0 Å². The van der Waals surface area contributed by atoms with Crippen molar-refractivity contribution >= 4 is 7.51 Å². The van der Waals surface area contributed by atoms with Gasteiger partial charge in [-0.15, -0.1) is 0 Å². The Morgan fingerprint density at radius 3 is 1.23 bits per heavy atom. The first-order valence-corrected chi connectivity index (χ1v) is 5.98. The first kappa shape index (κ1) is 13.2. The van der Waals surface area contributed by atoms with Crippen LogP contribution >= 0.6 is 7.51 Å². The monoisotopic (exact) mass is 212 g/mol. The number of nitrogens with one attached hydrogen (secondary N) is 1. The Hall–Kier alpha value is 0.190. The molecule has 6 nitrogen and oxygen atoms in total. The third-order valence-corrected chi connectivity index (χ3v) is 5.56. The van der Waals surface area contributed by atoms with Crippen LogP contribution in [0.15, 0.2) is 0 Å². The van der Waals surface area contributed by atoms with Gasteiger partial charge in [-0.2, -0.15) is 0 Å². The molecule has 13 heavy (non-hydrogen) atoms. The Morgan fingerprint density at radius 1 is 0.846 bits per heavy atom. The van der Waals surface area contributed by atoms with Crippen molar-refractivity contribution in [2.24, 2.45) is 0 Å². The van der Waals surface area contributed by atoms with Crippen LogP contribution in [0.5, 0.6) is 0 Å². The Labute approximate surface area is 80.0 Å². The van der Waals surface area contributed by atoms with Crippen LogP contribution in [-0.2, 0) is 0 Å². The number of hydrazine groups is 1. The zero-order valence-corrected chi connectivity index (χ0v) is 10.1. The molecule has 0 aromatic carbocycles. The molecule has 0 saturated carbocycles. The molecule has 0 atom stereocenters. The normalized spacial score (nSPS) is 16.7. The van der Waals surface area contributed by atoms with Gasteiger partial charge in [-0.25, -0.2) is 0 Å². The minimum absolute atomic E-state index is 1.39. The summed E-state index contributed by atoms with van der Waals surface area (Å²) in [5.74, 6) is 0. The molecule has 82 valence electrons. The van der Waals surface area contributed by atoms with Gasteiger partial charge in [0.2, 0.25) is 0 Å². The van der Waals surface area contributed by atoms with Gasteiger partial charge in [0.1, 0.15) is 0 Å². The van der Waals surface area contributed by atoms with E-state index in [1.54, 1.807) is 42.3 Å². The van der Waals surface area contributed by atoms with Gasteiger partial charge in [0.25, 0.3) is 0 Å². The third kappa shape index (κ3) is 2.57. The van der Waals surface area contributed by atoms with Crippen molar-refractivity contribution in [1.82, 2.24) is 19.5 Å². The van der Waals surface area contributed by atoms with E-state index in [1.807, 2.05) is 0 Å². The molecule has 0 aliphatic heterocycles. The van der Waals surface area contributed by atoms with Gasteiger partial charge in [0.05, 0.1) is 0 Å². The number of hydrogen-bond acceptors (Lipinski definition) is 6. The zero-order chi connectivity index (χ0) is 10.9. The van der Waals surface area contributed by atoms with E-state index in [-0.39, 0.29) is 0 Å². The predicted octanol–water partition coefficient (Wildman–Crippen LogP) is -0.711. The van der Waals surface area contributed by atoms with Gasteiger partial charge in [0.15, 0.2) is 0 Å². The second-order valence-electron chi connectivity index (χ2n) is 3.63. The first-order valence-electron chi connectivity index (χ1n) is 3.93. The Morgan fingerprint density at radius 2 is 1.15 bits per heavy atom. The van der Waals surface area contributed by atoms with Gasteiger partial charge in [-0.3, -0.25) is 0 Å². The van der Waals surface area contributed by atoms with Crippen molar-refractivity contribution in [3.05, 3.63) is 0 Å². The van der Waals surface area contributed by atoms with Crippen molar-refractivity contribution in [3.63, 3.8) is 0 Å². The van der Waals surface area contributed by atoms with E-state index in [1.165, 1.54) is 14.3 Å². The average molecular weight is 212 g/mol. The Bertz CT molecular complexity index is 171. The van der Waals surface area contributed by atoms with Gasteiger partial charge in [-0.05, 0) is 0 Å². The third-order valence-electron chi connectivity index (χ3n) is 1.85. The van der Waals surface area contributed by atoms with Crippen LogP contribution in [0.25, 0.3) is 0 Å². The molecule has 7 heteroatoms. The van der Waals surface area contributed by atoms with Crippen molar-refractivity contribution in [3.8, 4) is 0 Å². The zero-order valence-electron chi connectivity index (χ0n) is 9.18. The van der Waals surface area contributed by atoms with E-state index in [0.29, 0.717) is 0 Å². The summed E-state index contributed by atoms with van der Waals surface area (Å²) in [6.45, 7) is 0. The second kappa shape index (κ2) is 3.74. The van der Waals surface area contributed by atoms with E-state index in [4.69, 9.17) is 0 Å². The molecule has 0 bridgehead atoms. The van der Waals surface area contributed by atoms with Crippen molar-refractivity contribution in [1.29, 1.82) is 0 Å². The fourth-order valence-corrected chi connectivity index (χ4v) is 2.68. The summed E-state index contributed by atoms with van der Waals surface area (Å²) >= 11 is 0.